The van der Waals surface area contributed by atoms with Gasteiger partial charge < -0.3 is 15.8 Å². The predicted octanol–water partition coefficient (Wildman–Crippen LogP) is 3.05. The van der Waals surface area contributed by atoms with E-state index in [1.165, 1.54) is 7.11 Å². The number of hydrogen-bond acceptors (Lipinski definition) is 5. The van der Waals surface area contributed by atoms with Crippen molar-refractivity contribution >= 4 is 33.1 Å². The van der Waals surface area contributed by atoms with Gasteiger partial charge in [-0.3, -0.25) is 0 Å². The normalized spacial score (nSPS) is 9.74. The number of halogens is 1. The first-order valence-electron chi connectivity index (χ1n) is 5.41. The van der Waals surface area contributed by atoms with E-state index in [-0.39, 0.29) is 0 Å². The molecule has 5 nitrogen and oxygen atoms in total. The van der Waals surface area contributed by atoms with Gasteiger partial charge in [0.25, 0.3) is 0 Å². The topological polar surface area (TPSA) is 84.0 Å². The van der Waals surface area contributed by atoms with Crippen molar-refractivity contribution in [3.8, 4) is 11.9 Å². The van der Waals surface area contributed by atoms with E-state index >= 15 is 0 Å². The first-order valence-corrected chi connectivity index (χ1v) is 6.20. The number of nitrogens with one attached hydrogen (secondary N) is 1. The van der Waals surface area contributed by atoms with Crippen molar-refractivity contribution in [2.75, 3.05) is 18.2 Å². The Kier molecular flexibility index (Phi) is 3.88. The van der Waals surface area contributed by atoms with Crippen LogP contribution in [0.3, 0.4) is 0 Å². The summed E-state index contributed by atoms with van der Waals surface area (Å²) in [5.41, 5.74) is 7.46. The van der Waals surface area contributed by atoms with Gasteiger partial charge in [0.1, 0.15) is 6.07 Å². The van der Waals surface area contributed by atoms with Crippen LogP contribution >= 0.6 is 15.9 Å². The molecule has 0 atom stereocenters. The van der Waals surface area contributed by atoms with Crippen molar-refractivity contribution in [1.82, 2.24) is 4.98 Å². The molecule has 0 saturated heterocycles. The minimum atomic E-state index is 0.449. The van der Waals surface area contributed by atoms with E-state index in [1.807, 2.05) is 0 Å². The SMILES string of the molecule is COc1ccc(N)c(Nc2cc(Br)ccc2C#N)n1. The average molecular weight is 319 g/mol. The summed E-state index contributed by atoms with van der Waals surface area (Å²) in [6.45, 7) is 0. The minimum absolute atomic E-state index is 0.449. The number of methoxy groups -OCH3 is 1. The summed E-state index contributed by atoms with van der Waals surface area (Å²) in [6.07, 6.45) is 0. The maximum Gasteiger partial charge on any atom is 0.215 e. The second-order valence-electron chi connectivity index (χ2n) is 3.72. The molecule has 1 heterocycles. The fraction of sp³-hybridized carbons (Fsp3) is 0.0769. The van der Waals surface area contributed by atoms with Crippen molar-refractivity contribution in [2.24, 2.45) is 0 Å². The van der Waals surface area contributed by atoms with Crippen LogP contribution in [-0.4, -0.2) is 12.1 Å². The Bertz CT molecular complexity index is 652. The molecule has 0 amide bonds. The lowest BCUT2D eigenvalue weighted by molar-refractivity contribution is 0.398. The number of anilines is 3. The fourth-order valence-corrected chi connectivity index (χ4v) is 1.87. The second kappa shape index (κ2) is 5.59. The van der Waals surface area contributed by atoms with Gasteiger partial charge in [0, 0.05) is 10.5 Å². The van der Waals surface area contributed by atoms with Crippen LogP contribution in [0.15, 0.2) is 34.8 Å². The van der Waals surface area contributed by atoms with Gasteiger partial charge in [-0.05, 0) is 24.3 Å². The largest absolute Gasteiger partial charge is 0.481 e. The smallest absolute Gasteiger partial charge is 0.215 e. The van der Waals surface area contributed by atoms with Gasteiger partial charge in [0.05, 0.1) is 24.0 Å². The lowest BCUT2D eigenvalue weighted by Crippen LogP contribution is -2.02. The number of ether oxygens (including phenoxy) is 1. The molecule has 0 aliphatic rings. The molecule has 0 spiro atoms. The monoisotopic (exact) mass is 318 g/mol. The molecular weight excluding hydrogens is 308 g/mol. The number of benzene rings is 1. The third-order valence-corrected chi connectivity index (χ3v) is 2.96. The van der Waals surface area contributed by atoms with Crippen LogP contribution in [0.5, 0.6) is 5.88 Å². The molecule has 6 heteroatoms. The van der Waals surface area contributed by atoms with E-state index in [2.05, 4.69) is 32.3 Å². The number of hydrogen-bond donors (Lipinski definition) is 2. The summed E-state index contributed by atoms with van der Waals surface area (Å²) in [5.74, 6) is 0.902. The minimum Gasteiger partial charge on any atom is -0.481 e. The summed E-state index contributed by atoms with van der Waals surface area (Å²) < 4.78 is 5.90. The van der Waals surface area contributed by atoms with Crippen LogP contribution in [0.25, 0.3) is 0 Å². The molecule has 96 valence electrons. The van der Waals surface area contributed by atoms with Gasteiger partial charge in [0.15, 0.2) is 5.82 Å². The Labute approximate surface area is 119 Å². The molecule has 2 rings (SSSR count). The highest BCUT2D eigenvalue weighted by molar-refractivity contribution is 9.10. The average Bonchev–Trinajstić information content (AvgIpc) is 2.41. The molecule has 0 bridgehead atoms. The van der Waals surface area contributed by atoms with Gasteiger partial charge in [-0.2, -0.15) is 10.2 Å². The third kappa shape index (κ3) is 2.95. The summed E-state index contributed by atoms with van der Waals surface area (Å²) >= 11 is 3.36. The highest BCUT2D eigenvalue weighted by Crippen LogP contribution is 2.27. The van der Waals surface area contributed by atoms with Crippen LogP contribution < -0.4 is 15.8 Å². The van der Waals surface area contributed by atoms with E-state index in [0.717, 1.165) is 4.47 Å². The molecule has 3 N–H and O–H groups in total. The molecule has 1 aromatic heterocycles. The Hall–Kier alpha value is -2.26. The molecule has 0 fully saturated rings. The highest BCUT2D eigenvalue weighted by atomic mass is 79.9. The lowest BCUT2D eigenvalue weighted by atomic mass is 10.2. The van der Waals surface area contributed by atoms with E-state index in [0.29, 0.717) is 28.6 Å². The van der Waals surface area contributed by atoms with Gasteiger partial charge in [-0.25, -0.2) is 0 Å². The number of nitriles is 1. The third-order valence-electron chi connectivity index (χ3n) is 2.47. The summed E-state index contributed by atoms with van der Waals surface area (Å²) in [5, 5.41) is 12.1. The number of nitrogens with two attached hydrogens (primary N) is 1. The van der Waals surface area contributed by atoms with E-state index in [4.69, 9.17) is 15.7 Å². The van der Waals surface area contributed by atoms with Gasteiger partial charge in [-0.15, -0.1) is 0 Å². The molecule has 19 heavy (non-hydrogen) atoms. The van der Waals surface area contributed by atoms with Gasteiger partial charge >= 0.3 is 0 Å². The van der Waals surface area contributed by atoms with Crippen molar-refractivity contribution in [3.63, 3.8) is 0 Å². The van der Waals surface area contributed by atoms with Crippen molar-refractivity contribution < 1.29 is 4.74 Å². The Morgan fingerprint density at radius 3 is 2.84 bits per heavy atom. The van der Waals surface area contributed by atoms with E-state index < -0.39 is 0 Å². The van der Waals surface area contributed by atoms with Crippen LogP contribution in [0.2, 0.25) is 0 Å². The second-order valence-corrected chi connectivity index (χ2v) is 4.63. The molecular formula is C13H11BrN4O. The number of rotatable bonds is 3. The first-order chi connectivity index (χ1) is 9.13. The van der Waals surface area contributed by atoms with Crippen LogP contribution in [-0.2, 0) is 0 Å². The molecule has 0 aliphatic carbocycles. The zero-order chi connectivity index (χ0) is 13.8. The molecule has 0 aliphatic heterocycles. The van der Waals surface area contributed by atoms with Crippen molar-refractivity contribution in [2.45, 2.75) is 0 Å². The molecule has 0 saturated carbocycles. The molecule has 2 aromatic rings. The maximum atomic E-state index is 9.08. The van der Waals surface area contributed by atoms with Crippen molar-refractivity contribution in [1.29, 1.82) is 5.26 Å². The fourth-order valence-electron chi connectivity index (χ4n) is 1.51. The lowest BCUT2D eigenvalue weighted by Gasteiger charge is -2.11. The first kappa shape index (κ1) is 13.2. The molecule has 0 unspecified atom stereocenters. The Morgan fingerprint density at radius 1 is 1.37 bits per heavy atom. The summed E-state index contributed by atoms with van der Waals surface area (Å²) in [6, 6.07) is 10.8. The van der Waals surface area contributed by atoms with Gasteiger partial charge in [-0.1, -0.05) is 15.9 Å². The quantitative estimate of drug-likeness (QED) is 0.908. The highest BCUT2D eigenvalue weighted by Gasteiger charge is 2.08. The van der Waals surface area contributed by atoms with Crippen LogP contribution in [0.4, 0.5) is 17.2 Å². The van der Waals surface area contributed by atoms with E-state index in [1.54, 1.807) is 30.3 Å². The molecule has 0 radical (unpaired) electrons. The maximum absolute atomic E-state index is 9.08. The zero-order valence-electron chi connectivity index (χ0n) is 10.1. The molecule has 1 aromatic carbocycles. The van der Waals surface area contributed by atoms with Crippen LogP contribution in [0, 0.1) is 11.3 Å². The number of pyridine rings is 1. The van der Waals surface area contributed by atoms with E-state index in [9.17, 15) is 0 Å². The standard InChI is InChI=1S/C13H11BrN4O/c1-19-12-5-4-10(16)13(18-12)17-11-6-9(14)3-2-8(11)7-15/h2-6H,16H2,1H3,(H,17,18). The number of aromatic nitrogens is 1. The number of nitrogens with zero attached hydrogens (tertiary/aromatic N) is 2. The predicted molar refractivity (Wildman–Crippen MR) is 77.3 cm³/mol. The number of nitrogen functional groups attached to an aromatic ring is 1. The van der Waals surface area contributed by atoms with Crippen LogP contribution in [0.1, 0.15) is 5.56 Å². The van der Waals surface area contributed by atoms with Crippen molar-refractivity contribution in [3.05, 3.63) is 40.4 Å². The van der Waals surface area contributed by atoms with Gasteiger partial charge in [0.2, 0.25) is 5.88 Å². The summed E-state index contributed by atoms with van der Waals surface area (Å²) in [7, 11) is 1.53. The zero-order valence-corrected chi connectivity index (χ0v) is 11.7. The summed E-state index contributed by atoms with van der Waals surface area (Å²) in [4.78, 5) is 4.21. The Morgan fingerprint density at radius 2 is 2.16 bits per heavy atom. The Balaban J connectivity index is 2.41.